The van der Waals surface area contributed by atoms with Crippen molar-refractivity contribution in [2.45, 2.75) is 0 Å². The van der Waals surface area contributed by atoms with Crippen LogP contribution < -0.4 is 11.1 Å². The summed E-state index contributed by atoms with van der Waals surface area (Å²) in [6.07, 6.45) is 0. The molecule has 86 valence electrons. The van der Waals surface area contributed by atoms with Crippen molar-refractivity contribution >= 4 is 29.0 Å². The third-order valence-corrected chi connectivity index (χ3v) is 1.85. The summed E-state index contributed by atoms with van der Waals surface area (Å²) >= 11 is 4.55. The second-order valence-corrected chi connectivity index (χ2v) is 3.27. The van der Waals surface area contributed by atoms with Crippen LogP contribution in [-0.2, 0) is 4.74 Å². The van der Waals surface area contributed by atoms with E-state index >= 15 is 0 Å². The van der Waals surface area contributed by atoms with Gasteiger partial charge in [-0.15, -0.1) is 0 Å². The van der Waals surface area contributed by atoms with Crippen molar-refractivity contribution in [3.63, 3.8) is 0 Å². The van der Waals surface area contributed by atoms with Crippen molar-refractivity contribution in [2.24, 2.45) is 5.73 Å². The molecular weight excluding hydrogens is 235 g/mol. The van der Waals surface area contributed by atoms with E-state index in [1.165, 1.54) is 0 Å². The molecule has 0 saturated carbocycles. The van der Waals surface area contributed by atoms with Crippen molar-refractivity contribution < 1.29 is 19.0 Å². The molecule has 7 heteroatoms. The number of hydrogen-bond donors (Lipinski definition) is 3. The summed E-state index contributed by atoms with van der Waals surface area (Å²) in [5, 5.41) is 11.6. The van der Waals surface area contributed by atoms with Crippen LogP contribution in [0.4, 0.5) is 10.1 Å². The van der Waals surface area contributed by atoms with Crippen LogP contribution in [0.2, 0.25) is 0 Å². The maximum absolute atomic E-state index is 13.3. The standard InChI is InChI=1S/C9H9FN2O3S/c1-15-8(14)4-2-6(12-9(11)16)7(13)3-5(4)10/h2-3,13H,1H3,(H3,11,12,16). The molecule has 0 unspecified atom stereocenters. The predicted octanol–water partition coefficient (Wildman–Crippen LogP) is 0.973. The van der Waals surface area contributed by atoms with Crippen molar-refractivity contribution in [2.75, 3.05) is 12.4 Å². The van der Waals surface area contributed by atoms with Gasteiger partial charge in [0.25, 0.3) is 0 Å². The molecule has 0 heterocycles. The minimum absolute atomic E-state index is 0.0364. The Kier molecular flexibility index (Phi) is 3.62. The third kappa shape index (κ3) is 2.57. The van der Waals surface area contributed by atoms with Crippen molar-refractivity contribution in [1.29, 1.82) is 0 Å². The average molecular weight is 244 g/mol. The molecule has 0 radical (unpaired) electrons. The number of nitrogens with one attached hydrogen (secondary N) is 1. The monoisotopic (exact) mass is 244 g/mol. The Balaban J connectivity index is 3.21. The van der Waals surface area contributed by atoms with Crippen molar-refractivity contribution in [3.05, 3.63) is 23.5 Å². The molecule has 16 heavy (non-hydrogen) atoms. The van der Waals surface area contributed by atoms with Gasteiger partial charge in [-0.1, -0.05) is 0 Å². The number of phenolic OH excluding ortho intramolecular Hbond substituents is 1. The van der Waals surface area contributed by atoms with Gasteiger partial charge in [-0.25, -0.2) is 9.18 Å². The number of methoxy groups -OCH3 is 1. The molecule has 0 amide bonds. The minimum Gasteiger partial charge on any atom is -0.506 e. The first kappa shape index (κ1) is 12.2. The van der Waals surface area contributed by atoms with Gasteiger partial charge in [0, 0.05) is 6.07 Å². The number of halogens is 1. The topological polar surface area (TPSA) is 84.6 Å². The van der Waals surface area contributed by atoms with Gasteiger partial charge < -0.3 is 20.9 Å². The van der Waals surface area contributed by atoms with E-state index in [1.54, 1.807) is 0 Å². The van der Waals surface area contributed by atoms with Crippen molar-refractivity contribution in [3.8, 4) is 5.75 Å². The minimum atomic E-state index is -0.891. The second kappa shape index (κ2) is 4.75. The lowest BCUT2D eigenvalue weighted by atomic mass is 10.1. The highest BCUT2D eigenvalue weighted by molar-refractivity contribution is 7.80. The van der Waals surface area contributed by atoms with Crippen LogP contribution in [-0.4, -0.2) is 23.3 Å². The fourth-order valence-electron chi connectivity index (χ4n) is 1.06. The normalized spacial score (nSPS) is 9.62. The van der Waals surface area contributed by atoms with Gasteiger partial charge in [-0.2, -0.15) is 0 Å². The van der Waals surface area contributed by atoms with Crippen LogP contribution in [0.5, 0.6) is 5.75 Å². The molecule has 0 aliphatic rings. The number of hydrogen-bond acceptors (Lipinski definition) is 4. The number of aromatic hydroxyl groups is 1. The second-order valence-electron chi connectivity index (χ2n) is 2.83. The zero-order chi connectivity index (χ0) is 12.3. The summed E-state index contributed by atoms with van der Waals surface area (Å²) in [5.41, 5.74) is 4.91. The van der Waals surface area contributed by atoms with Crippen LogP contribution in [0.25, 0.3) is 0 Å². The molecule has 1 rings (SSSR count). The number of ether oxygens (including phenoxy) is 1. The van der Waals surface area contributed by atoms with E-state index in [-0.39, 0.29) is 16.4 Å². The maximum atomic E-state index is 13.3. The van der Waals surface area contributed by atoms with Crippen LogP contribution >= 0.6 is 12.2 Å². The number of phenols is 1. The number of nitrogens with two attached hydrogens (primary N) is 1. The van der Waals surface area contributed by atoms with E-state index in [2.05, 4.69) is 22.3 Å². The number of esters is 1. The fraction of sp³-hybridized carbons (Fsp3) is 0.111. The van der Waals surface area contributed by atoms with E-state index in [4.69, 9.17) is 5.73 Å². The largest absolute Gasteiger partial charge is 0.506 e. The first-order valence-corrected chi connectivity index (χ1v) is 4.53. The summed E-state index contributed by atoms with van der Waals surface area (Å²) in [7, 11) is 1.12. The number of thiocarbonyl (C=S) groups is 1. The highest BCUT2D eigenvalue weighted by atomic mass is 32.1. The van der Waals surface area contributed by atoms with E-state index in [0.29, 0.717) is 0 Å². The Morgan fingerprint density at radius 2 is 2.25 bits per heavy atom. The summed E-state index contributed by atoms with van der Waals surface area (Å²) in [5.74, 6) is -2.15. The lowest BCUT2D eigenvalue weighted by Gasteiger charge is -2.09. The Labute approximate surface area is 96.0 Å². The molecule has 0 aliphatic heterocycles. The molecular formula is C9H9FN2O3S. The van der Waals surface area contributed by atoms with Gasteiger partial charge in [-0.05, 0) is 18.3 Å². The first-order chi connectivity index (χ1) is 7.45. The molecule has 4 N–H and O–H groups in total. The quantitative estimate of drug-likeness (QED) is 0.408. The number of carbonyl (C=O) groups excluding carboxylic acids is 1. The highest BCUT2D eigenvalue weighted by Crippen LogP contribution is 2.26. The van der Waals surface area contributed by atoms with Gasteiger partial charge in [-0.3, -0.25) is 0 Å². The van der Waals surface area contributed by atoms with Gasteiger partial charge in [0.1, 0.15) is 11.6 Å². The molecule has 1 aromatic rings. The Bertz CT molecular complexity index is 451. The van der Waals surface area contributed by atoms with Crippen LogP contribution in [0.15, 0.2) is 12.1 Å². The summed E-state index contributed by atoms with van der Waals surface area (Å²) in [6.45, 7) is 0. The molecule has 0 atom stereocenters. The van der Waals surface area contributed by atoms with Gasteiger partial charge in [0.05, 0.1) is 18.4 Å². The zero-order valence-corrected chi connectivity index (χ0v) is 9.10. The number of anilines is 1. The SMILES string of the molecule is COC(=O)c1cc(NC(N)=S)c(O)cc1F. The molecule has 0 spiro atoms. The highest BCUT2D eigenvalue weighted by Gasteiger charge is 2.16. The van der Waals surface area contributed by atoms with Crippen LogP contribution in [0.1, 0.15) is 10.4 Å². The van der Waals surface area contributed by atoms with E-state index in [9.17, 15) is 14.3 Å². The summed E-state index contributed by atoms with van der Waals surface area (Å²) in [4.78, 5) is 11.1. The number of benzene rings is 1. The third-order valence-electron chi connectivity index (χ3n) is 1.75. The van der Waals surface area contributed by atoms with E-state index in [0.717, 1.165) is 19.2 Å². The average Bonchev–Trinajstić information content (AvgIpc) is 2.20. The Morgan fingerprint density at radius 3 is 2.75 bits per heavy atom. The smallest absolute Gasteiger partial charge is 0.340 e. The van der Waals surface area contributed by atoms with Crippen molar-refractivity contribution in [1.82, 2.24) is 0 Å². The predicted molar refractivity (Wildman–Crippen MR) is 59.8 cm³/mol. The van der Waals surface area contributed by atoms with Gasteiger partial charge in [0.15, 0.2) is 5.11 Å². The summed E-state index contributed by atoms with van der Waals surface area (Å²) in [6, 6.07) is 1.84. The van der Waals surface area contributed by atoms with E-state index in [1.807, 2.05) is 0 Å². The molecule has 0 aromatic heterocycles. The lowest BCUT2D eigenvalue weighted by Crippen LogP contribution is -2.19. The molecule has 0 bridgehead atoms. The molecule has 1 aromatic carbocycles. The molecule has 0 aliphatic carbocycles. The molecule has 0 fully saturated rings. The van der Waals surface area contributed by atoms with Crippen LogP contribution in [0, 0.1) is 5.82 Å². The van der Waals surface area contributed by atoms with E-state index < -0.39 is 17.5 Å². The lowest BCUT2D eigenvalue weighted by molar-refractivity contribution is 0.0595. The zero-order valence-electron chi connectivity index (χ0n) is 8.28. The Hall–Kier alpha value is -1.89. The van der Waals surface area contributed by atoms with Gasteiger partial charge in [0.2, 0.25) is 0 Å². The number of carbonyl (C=O) groups is 1. The fourth-order valence-corrected chi connectivity index (χ4v) is 1.17. The maximum Gasteiger partial charge on any atom is 0.340 e. The number of rotatable bonds is 2. The van der Waals surface area contributed by atoms with Gasteiger partial charge >= 0.3 is 5.97 Å². The molecule has 0 saturated heterocycles. The Morgan fingerprint density at radius 1 is 1.62 bits per heavy atom. The van der Waals surface area contributed by atoms with Crippen LogP contribution in [0.3, 0.4) is 0 Å². The first-order valence-electron chi connectivity index (χ1n) is 4.13. The summed E-state index contributed by atoms with van der Waals surface area (Å²) < 4.78 is 17.6. The molecule has 5 nitrogen and oxygen atoms in total.